The van der Waals surface area contributed by atoms with Gasteiger partial charge in [-0.3, -0.25) is 0 Å². The van der Waals surface area contributed by atoms with Crippen molar-refractivity contribution in [3.63, 3.8) is 0 Å². The summed E-state index contributed by atoms with van der Waals surface area (Å²) in [6.45, 7) is 4.80. The van der Waals surface area contributed by atoms with Gasteiger partial charge in [-0.1, -0.05) is 35.3 Å². The zero-order valence-electron chi connectivity index (χ0n) is 9.76. The molecule has 0 saturated heterocycles. The highest BCUT2D eigenvalue weighted by atomic mass is 35.5. The Labute approximate surface area is 107 Å². The molecule has 1 aromatic carbocycles. The van der Waals surface area contributed by atoms with Crippen molar-refractivity contribution in [2.24, 2.45) is 0 Å². The van der Waals surface area contributed by atoms with Gasteiger partial charge in [-0.25, -0.2) is 0 Å². The molecule has 0 radical (unpaired) electrons. The molecule has 1 rings (SSSR count). The highest BCUT2D eigenvalue weighted by Crippen LogP contribution is 2.29. The molecule has 0 amide bonds. The van der Waals surface area contributed by atoms with Crippen LogP contribution in [0.3, 0.4) is 0 Å². The summed E-state index contributed by atoms with van der Waals surface area (Å²) in [6, 6.07) is 6.10. The van der Waals surface area contributed by atoms with E-state index in [2.05, 4.69) is 19.2 Å². The highest BCUT2D eigenvalue weighted by molar-refractivity contribution is 6.42. The van der Waals surface area contributed by atoms with Crippen molar-refractivity contribution in [2.45, 2.75) is 25.9 Å². The third kappa shape index (κ3) is 3.63. The number of nitrogens with one attached hydrogen (secondary N) is 1. The number of halogens is 2. The summed E-state index contributed by atoms with van der Waals surface area (Å²) in [6.07, 6.45) is 0. The van der Waals surface area contributed by atoms with E-state index in [1.807, 2.05) is 12.1 Å². The minimum atomic E-state index is 0.149. The molecule has 0 aliphatic rings. The van der Waals surface area contributed by atoms with Crippen molar-refractivity contribution in [2.75, 3.05) is 13.7 Å². The van der Waals surface area contributed by atoms with E-state index in [9.17, 15) is 0 Å². The van der Waals surface area contributed by atoms with Crippen LogP contribution < -0.4 is 5.32 Å². The van der Waals surface area contributed by atoms with Crippen molar-refractivity contribution in [1.82, 2.24) is 5.32 Å². The van der Waals surface area contributed by atoms with Gasteiger partial charge < -0.3 is 10.1 Å². The summed E-state index contributed by atoms with van der Waals surface area (Å²) in [5.74, 6) is 0. The molecule has 0 aliphatic carbocycles. The van der Waals surface area contributed by atoms with Crippen molar-refractivity contribution in [1.29, 1.82) is 0 Å². The second kappa shape index (κ2) is 6.45. The number of hydrogen-bond acceptors (Lipinski definition) is 2. The fourth-order valence-corrected chi connectivity index (χ4v) is 2.14. The predicted molar refractivity (Wildman–Crippen MR) is 69.4 cm³/mol. The SMILES string of the molecule is COCC(C)NC(C)c1cccc(Cl)c1Cl. The van der Waals surface area contributed by atoms with Gasteiger partial charge in [0, 0.05) is 19.2 Å². The van der Waals surface area contributed by atoms with Crippen LogP contribution in [0.25, 0.3) is 0 Å². The maximum atomic E-state index is 6.15. The van der Waals surface area contributed by atoms with Gasteiger partial charge >= 0.3 is 0 Å². The average Bonchev–Trinajstić information content (AvgIpc) is 2.22. The van der Waals surface area contributed by atoms with Crippen molar-refractivity contribution < 1.29 is 4.74 Å². The second-order valence-electron chi connectivity index (χ2n) is 3.89. The van der Waals surface area contributed by atoms with Gasteiger partial charge in [-0.15, -0.1) is 0 Å². The number of ether oxygens (including phenoxy) is 1. The van der Waals surface area contributed by atoms with E-state index in [1.54, 1.807) is 13.2 Å². The lowest BCUT2D eigenvalue weighted by atomic mass is 10.1. The van der Waals surface area contributed by atoms with Gasteiger partial charge in [0.25, 0.3) is 0 Å². The van der Waals surface area contributed by atoms with Crippen LogP contribution in [0, 0.1) is 0 Å². The topological polar surface area (TPSA) is 21.3 Å². The summed E-state index contributed by atoms with van der Waals surface area (Å²) >= 11 is 12.1. The summed E-state index contributed by atoms with van der Waals surface area (Å²) in [7, 11) is 1.69. The Bertz CT molecular complexity index is 344. The standard InChI is InChI=1S/C12H17Cl2NO/c1-8(7-16-3)15-9(2)10-5-4-6-11(13)12(10)14/h4-6,8-9,15H,7H2,1-3H3. The quantitative estimate of drug-likeness (QED) is 0.874. The van der Waals surface area contributed by atoms with E-state index in [-0.39, 0.29) is 12.1 Å². The zero-order chi connectivity index (χ0) is 12.1. The van der Waals surface area contributed by atoms with Crippen molar-refractivity contribution >= 4 is 23.2 Å². The Morgan fingerprint density at radius 3 is 2.62 bits per heavy atom. The molecule has 0 fully saturated rings. The minimum Gasteiger partial charge on any atom is -0.383 e. The summed E-state index contributed by atoms with van der Waals surface area (Å²) in [5.41, 5.74) is 1.01. The molecule has 2 atom stereocenters. The number of hydrogen-bond donors (Lipinski definition) is 1. The summed E-state index contributed by atoms with van der Waals surface area (Å²) in [5, 5.41) is 4.61. The predicted octanol–water partition coefficient (Wildman–Crippen LogP) is 3.68. The van der Waals surface area contributed by atoms with Crippen LogP contribution in [0.1, 0.15) is 25.5 Å². The van der Waals surface area contributed by atoms with E-state index in [0.717, 1.165) is 5.56 Å². The Morgan fingerprint density at radius 1 is 1.31 bits per heavy atom. The molecule has 1 N–H and O–H groups in total. The first kappa shape index (κ1) is 13.8. The first-order valence-electron chi connectivity index (χ1n) is 5.25. The van der Waals surface area contributed by atoms with Gasteiger partial charge in [0.15, 0.2) is 0 Å². The van der Waals surface area contributed by atoms with E-state index in [1.165, 1.54) is 0 Å². The van der Waals surface area contributed by atoms with Gasteiger partial charge in [-0.05, 0) is 25.5 Å². The van der Waals surface area contributed by atoms with Crippen molar-refractivity contribution in [3.8, 4) is 0 Å². The lowest BCUT2D eigenvalue weighted by molar-refractivity contribution is 0.168. The largest absolute Gasteiger partial charge is 0.383 e. The van der Waals surface area contributed by atoms with Crippen LogP contribution in [0.2, 0.25) is 10.0 Å². The summed E-state index contributed by atoms with van der Waals surface area (Å²) in [4.78, 5) is 0. The van der Waals surface area contributed by atoms with E-state index >= 15 is 0 Å². The van der Waals surface area contributed by atoms with Crippen LogP contribution in [-0.2, 0) is 4.74 Å². The normalized spacial score (nSPS) is 14.8. The fraction of sp³-hybridized carbons (Fsp3) is 0.500. The molecular weight excluding hydrogens is 245 g/mol. The van der Waals surface area contributed by atoms with Gasteiger partial charge in [-0.2, -0.15) is 0 Å². The van der Waals surface area contributed by atoms with Crippen LogP contribution in [0.4, 0.5) is 0 Å². The fourth-order valence-electron chi connectivity index (χ4n) is 1.67. The molecule has 0 saturated carbocycles. The molecule has 0 spiro atoms. The molecule has 0 aromatic heterocycles. The van der Waals surface area contributed by atoms with E-state index in [0.29, 0.717) is 16.7 Å². The highest BCUT2D eigenvalue weighted by Gasteiger charge is 2.13. The molecular formula is C12H17Cl2NO. The monoisotopic (exact) mass is 261 g/mol. The van der Waals surface area contributed by atoms with Crippen LogP contribution in [-0.4, -0.2) is 19.8 Å². The molecule has 0 aliphatic heterocycles. The maximum absolute atomic E-state index is 6.15. The minimum absolute atomic E-state index is 0.149. The van der Waals surface area contributed by atoms with Gasteiger partial charge in [0.1, 0.15) is 0 Å². The third-order valence-corrected chi connectivity index (χ3v) is 3.23. The lowest BCUT2D eigenvalue weighted by Crippen LogP contribution is -2.32. The van der Waals surface area contributed by atoms with Crippen LogP contribution >= 0.6 is 23.2 Å². The number of rotatable bonds is 5. The Morgan fingerprint density at radius 2 is 2.00 bits per heavy atom. The smallest absolute Gasteiger partial charge is 0.0639 e. The van der Waals surface area contributed by atoms with Gasteiger partial charge in [0.05, 0.1) is 16.7 Å². The average molecular weight is 262 g/mol. The van der Waals surface area contributed by atoms with Gasteiger partial charge in [0.2, 0.25) is 0 Å². The molecule has 1 aromatic rings. The molecule has 0 bridgehead atoms. The van der Waals surface area contributed by atoms with Crippen LogP contribution in [0.5, 0.6) is 0 Å². The Kier molecular flexibility index (Phi) is 5.56. The number of methoxy groups -OCH3 is 1. The zero-order valence-corrected chi connectivity index (χ0v) is 11.3. The molecule has 2 nitrogen and oxygen atoms in total. The third-order valence-electron chi connectivity index (χ3n) is 2.40. The first-order valence-corrected chi connectivity index (χ1v) is 6.00. The molecule has 90 valence electrons. The summed E-state index contributed by atoms with van der Waals surface area (Å²) < 4.78 is 5.07. The molecule has 4 heteroatoms. The number of benzene rings is 1. The maximum Gasteiger partial charge on any atom is 0.0639 e. The second-order valence-corrected chi connectivity index (χ2v) is 4.67. The van der Waals surface area contributed by atoms with Crippen molar-refractivity contribution in [3.05, 3.63) is 33.8 Å². The Hall–Kier alpha value is -0.280. The van der Waals surface area contributed by atoms with E-state index in [4.69, 9.17) is 27.9 Å². The Balaban J connectivity index is 2.72. The van der Waals surface area contributed by atoms with E-state index < -0.39 is 0 Å². The van der Waals surface area contributed by atoms with Crippen LogP contribution in [0.15, 0.2) is 18.2 Å². The first-order chi connectivity index (χ1) is 7.56. The molecule has 0 heterocycles. The molecule has 16 heavy (non-hydrogen) atoms. The lowest BCUT2D eigenvalue weighted by Gasteiger charge is -2.21. The molecule has 2 unspecified atom stereocenters.